The average molecular weight is 380 g/mol. The lowest BCUT2D eigenvalue weighted by molar-refractivity contribution is -0.121. The van der Waals surface area contributed by atoms with E-state index in [0.717, 1.165) is 23.0 Å². The summed E-state index contributed by atoms with van der Waals surface area (Å²) in [6.07, 6.45) is 0.842. The molecule has 2 N–H and O–H groups in total. The molecule has 0 saturated heterocycles. The van der Waals surface area contributed by atoms with Crippen LogP contribution in [0.4, 0.5) is 5.69 Å². The summed E-state index contributed by atoms with van der Waals surface area (Å²) < 4.78 is 3.23. The quantitative estimate of drug-likeness (QED) is 0.660. The number of carbonyl (C=O) groups is 2. The second-order valence-corrected chi connectivity index (χ2v) is 6.66. The van der Waals surface area contributed by atoms with Crippen LogP contribution in [-0.4, -0.2) is 20.9 Å². The second-order valence-electron chi connectivity index (χ2n) is 6.66. The van der Waals surface area contributed by atoms with Crippen LogP contribution in [0.25, 0.3) is 11.0 Å². The maximum absolute atomic E-state index is 12.7. The predicted octanol–water partition coefficient (Wildman–Crippen LogP) is 2.49. The molecule has 0 aliphatic heterocycles. The number of hydrogen-bond donors (Lipinski definition) is 2. The topological polar surface area (TPSA) is 85.1 Å². The molecule has 1 heterocycles. The van der Waals surface area contributed by atoms with Crippen molar-refractivity contribution in [1.82, 2.24) is 14.5 Å². The number of anilines is 1. The van der Waals surface area contributed by atoms with Crippen LogP contribution in [0.5, 0.6) is 0 Å². The predicted molar refractivity (Wildman–Crippen MR) is 109 cm³/mol. The standard InChI is InChI=1S/C21H24N4O3/c1-3-12-24-18-6-4-5-7-19(18)25(21(24)28)14-20(27)22-13-16-8-10-17(11-9-16)23-15(2)26/h4-11H,3,12-14H2,1-2H3,(H,22,27)(H,23,26). The van der Waals surface area contributed by atoms with Gasteiger partial charge in [0.15, 0.2) is 0 Å². The van der Waals surface area contributed by atoms with Crippen molar-refractivity contribution in [2.24, 2.45) is 0 Å². The molecule has 0 atom stereocenters. The van der Waals surface area contributed by atoms with Crippen LogP contribution in [0.1, 0.15) is 25.8 Å². The average Bonchev–Trinajstić information content (AvgIpc) is 2.93. The molecule has 0 unspecified atom stereocenters. The van der Waals surface area contributed by atoms with Crippen molar-refractivity contribution in [2.45, 2.75) is 39.9 Å². The molecule has 0 fully saturated rings. The summed E-state index contributed by atoms with van der Waals surface area (Å²) in [4.78, 5) is 36.2. The maximum atomic E-state index is 12.7. The number of hydrogen-bond acceptors (Lipinski definition) is 3. The first-order valence-electron chi connectivity index (χ1n) is 9.31. The Morgan fingerprint density at radius 1 is 0.964 bits per heavy atom. The number of nitrogens with zero attached hydrogens (tertiary/aromatic N) is 2. The van der Waals surface area contributed by atoms with Gasteiger partial charge >= 0.3 is 5.69 Å². The van der Waals surface area contributed by atoms with E-state index in [9.17, 15) is 14.4 Å². The van der Waals surface area contributed by atoms with Crippen molar-refractivity contribution in [1.29, 1.82) is 0 Å². The lowest BCUT2D eigenvalue weighted by Gasteiger charge is -2.08. The molecule has 3 rings (SSSR count). The van der Waals surface area contributed by atoms with Gasteiger partial charge in [-0.05, 0) is 36.2 Å². The van der Waals surface area contributed by atoms with Gasteiger partial charge in [-0.15, -0.1) is 0 Å². The summed E-state index contributed by atoms with van der Waals surface area (Å²) in [5, 5.41) is 5.54. The van der Waals surface area contributed by atoms with Crippen molar-refractivity contribution in [3.63, 3.8) is 0 Å². The van der Waals surface area contributed by atoms with Gasteiger partial charge in [0.25, 0.3) is 0 Å². The van der Waals surface area contributed by atoms with E-state index in [-0.39, 0.29) is 24.0 Å². The summed E-state index contributed by atoms with van der Waals surface area (Å²) in [6.45, 7) is 4.41. The van der Waals surface area contributed by atoms with Crippen LogP contribution >= 0.6 is 0 Å². The number of para-hydroxylation sites is 2. The lowest BCUT2D eigenvalue weighted by Crippen LogP contribution is -2.32. The second kappa shape index (κ2) is 8.56. The monoisotopic (exact) mass is 380 g/mol. The smallest absolute Gasteiger partial charge is 0.329 e. The number of imidazole rings is 1. The Bertz CT molecular complexity index is 1050. The molecule has 1 aromatic heterocycles. The third-order valence-corrected chi connectivity index (χ3v) is 4.44. The summed E-state index contributed by atoms with van der Waals surface area (Å²) in [6, 6.07) is 14.8. The normalized spacial score (nSPS) is 10.8. The maximum Gasteiger partial charge on any atom is 0.329 e. The zero-order valence-corrected chi connectivity index (χ0v) is 16.1. The number of aromatic nitrogens is 2. The SMILES string of the molecule is CCCn1c(=O)n(CC(=O)NCc2ccc(NC(C)=O)cc2)c2ccccc21. The van der Waals surface area contributed by atoms with Crippen molar-refractivity contribution >= 4 is 28.5 Å². The van der Waals surface area contributed by atoms with Crippen molar-refractivity contribution in [3.05, 3.63) is 64.6 Å². The highest BCUT2D eigenvalue weighted by Gasteiger charge is 2.14. The van der Waals surface area contributed by atoms with Crippen LogP contribution in [0, 0.1) is 0 Å². The first-order valence-corrected chi connectivity index (χ1v) is 9.31. The largest absolute Gasteiger partial charge is 0.350 e. The van der Waals surface area contributed by atoms with Gasteiger partial charge in [-0.25, -0.2) is 4.79 Å². The van der Waals surface area contributed by atoms with E-state index in [2.05, 4.69) is 10.6 Å². The molecule has 146 valence electrons. The van der Waals surface area contributed by atoms with Gasteiger partial charge in [0.1, 0.15) is 6.54 Å². The van der Waals surface area contributed by atoms with Crippen molar-refractivity contribution in [2.75, 3.05) is 5.32 Å². The van der Waals surface area contributed by atoms with Gasteiger partial charge < -0.3 is 10.6 Å². The molecule has 7 nitrogen and oxygen atoms in total. The van der Waals surface area contributed by atoms with Crippen molar-refractivity contribution in [3.8, 4) is 0 Å². The highest BCUT2D eigenvalue weighted by molar-refractivity contribution is 5.88. The minimum Gasteiger partial charge on any atom is -0.350 e. The van der Waals surface area contributed by atoms with E-state index >= 15 is 0 Å². The van der Waals surface area contributed by atoms with Gasteiger partial charge in [0.2, 0.25) is 11.8 Å². The molecule has 0 aliphatic carbocycles. The fourth-order valence-corrected chi connectivity index (χ4v) is 3.17. The molecule has 28 heavy (non-hydrogen) atoms. The summed E-state index contributed by atoms with van der Waals surface area (Å²) in [5.74, 6) is -0.360. The first-order chi connectivity index (χ1) is 13.5. The van der Waals surface area contributed by atoms with Crippen LogP contribution in [0.15, 0.2) is 53.3 Å². The zero-order valence-electron chi connectivity index (χ0n) is 16.1. The van der Waals surface area contributed by atoms with Gasteiger partial charge in [0, 0.05) is 25.7 Å². The molecule has 0 spiro atoms. The Balaban J connectivity index is 1.69. The Hall–Kier alpha value is -3.35. The number of fused-ring (bicyclic) bond motifs is 1. The fourth-order valence-electron chi connectivity index (χ4n) is 3.17. The van der Waals surface area contributed by atoms with Crippen LogP contribution in [-0.2, 0) is 29.2 Å². The summed E-state index contributed by atoms with van der Waals surface area (Å²) in [5.41, 5.74) is 3.05. The number of carbonyl (C=O) groups excluding carboxylic acids is 2. The summed E-state index contributed by atoms with van der Waals surface area (Å²) in [7, 11) is 0. The van der Waals surface area contributed by atoms with Crippen LogP contribution < -0.4 is 16.3 Å². The number of benzene rings is 2. The molecule has 3 aromatic rings. The third kappa shape index (κ3) is 4.31. The molecule has 7 heteroatoms. The van der Waals surface area contributed by atoms with Crippen LogP contribution in [0.3, 0.4) is 0 Å². The van der Waals surface area contributed by atoms with Crippen LogP contribution in [0.2, 0.25) is 0 Å². The Morgan fingerprint density at radius 3 is 2.21 bits per heavy atom. The fraction of sp³-hybridized carbons (Fsp3) is 0.286. The summed E-state index contributed by atoms with van der Waals surface area (Å²) >= 11 is 0. The minimum absolute atomic E-state index is 0.0277. The van der Waals surface area contributed by atoms with Gasteiger partial charge in [-0.1, -0.05) is 31.2 Å². The number of amides is 2. The highest BCUT2D eigenvalue weighted by Crippen LogP contribution is 2.13. The van der Waals surface area contributed by atoms with Gasteiger partial charge in [0.05, 0.1) is 11.0 Å². The van der Waals surface area contributed by atoms with E-state index in [1.807, 2.05) is 43.3 Å². The highest BCUT2D eigenvalue weighted by atomic mass is 16.2. The van der Waals surface area contributed by atoms with Gasteiger partial charge in [-0.3, -0.25) is 18.7 Å². The van der Waals surface area contributed by atoms with Gasteiger partial charge in [-0.2, -0.15) is 0 Å². The molecule has 0 aliphatic rings. The zero-order chi connectivity index (χ0) is 20.1. The van der Waals surface area contributed by atoms with E-state index < -0.39 is 0 Å². The lowest BCUT2D eigenvalue weighted by atomic mass is 10.2. The minimum atomic E-state index is -0.229. The van der Waals surface area contributed by atoms with E-state index in [1.54, 1.807) is 16.7 Å². The van der Waals surface area contributed by atoms with E-state index in [4.69, 9.17) is 0 Å². The van der Waals surface area contributed by atoms with E-state index in [1.165, 1.54) is 11.5 Å². The molecular formula is C21H24N4O3. The number of aryl methyl sites for hydroxylation is 1. The third-order valence-electron chi connectivity index (χ3n) is 4.44. The molecule has 2 aromatic carbocycles. The van der Waals surface area contributed by atoms with Crippen molar-refractivity contribution < 1.29 is 9.59 Å². The van der Waals surface area contributed by atoms with E-state index in [0.29, 0.717) is 18.8 Å². The molecule has 0 radical (unpaired) electrons. The molecular weight excluding hydrogens is 356 g/mol. The molecule has 0 bridgehead atoms. The molecule has 0 saturated carbocycles. The Labute approximate surface area is 163 Å². The number of nitrogens with one attached hydrogen (secondary N) is 2. The Morgan fingerprint density at radius 2 is 1.61 bits per heavy atom. The molecule has 2 amide bonds. The Kier molecular flexibility index (Phi) is 5.93. The first kappa shape index (κ1) is 19.4. The number of rotatable bonds is 7.